The minimum Gasteiger partial charge on any atom is -0.412 e. The Balaban J connectivity index is 0. The zero-order chi connectivity index (χ0) is 20.3. The predicted molar refractivity (Wildman–Crippen MR) is 153 cm³/mol. The molecule has 0 spiro atoms. The van der Waals surface area contributed by atoms with Crippen molar-refractivity contribution in [1.82, 2.24) is 24.4 Å². The SMILES string of the molecule is Cl.Cl.Cl.NCCN1CCC(Nc2nc3cccnc3n2Cc2ccc3ccccc3n2)CC1.O.O.O. The summed E-state index contributed by atoms with van der Waals surface area (Å²) < 4.78 is 2.15. The van der Waals surface area contributed by atoms with E-state index in [1.807, 2.05) is 30.5 Å². The van der Waals surface area contributed by atoms with Crippen LogP contribution in [0.5, 0.6) is 0 Å². The molecule has 1 aromatic carbocycles. The van der Waals surface area contributed by atoms with Crippen molar-refractivity contribution in [3.05, 3.63) is 60.4 Å². The first-order valence-electron chi connectivity index (χ1n) is 10.6. The predicted octanol–water partition coefficient (Wildman–Crippen LogP) is 1.65. The molecule has 0 bridgehead atoms. The molecule has 13 heteroatoms. The molecule has 0 unspecified atom stereocenters. The number of piperidine rings is 1. The van der Waals surface area contributed by atoms with Crippen LogP contribution in [-0.4, -0.2) is 73.1 Å². The average Bonchev–Trinajstić information content (AvgIpc) is 3.12. The molecular weight excluding hydrogens is 529 g/mol. The minimum absolute atomic E-state index is 0. The number of nitrogens with one attached hydrogen (secondary N) is 1. The molecule has 0 aliphatic carbocycles. The summed E-state index contributed by atoms with van der Waals surface area (Å²) in [5.74, 6) is 0.871. The number of aromatic nitrogens is 4. The Hall–Kier alpha value is -2.28. The van der Waals surface area contributed by atoms with Crippen LogP contribution < -0.4 is 11.1 Å². The van der Waals surface area contributed by atoms with Gasteiger partial charge >= 0.3 is 0 Å². The van der Waals surface area contributed by atoms with E-state index in [4.69, 9.17) is 15.7 Å². The maximum atomic E-state index is 5.70. The molecule has 3 aromatic heterocycles. The summed E-state index contributed by atoms with van der Waals surface area (Å²) in [7, 11) is 0. The van der Waals surface area contributed by atoms with Crippen LogP contribution in [0.4, 0.5) is 5.95 Å². The fraction of sp³-hybridized carbons (Fsp3) is 0.348. The van der Waals surface area contributed by atoms with Gasteiger partial charge in [0.05, 0.1) is 17.8 Å². The monoisotopic (exact) mass is 563 g/mol. The van der Waals surface area contributed by atoms with Crippen molar-refractivity contribution >= 4 is 65.2 Å². The Kier molecular flexibility index (Phi) is 16.4. The van der Waals surface area contributed by atoms with E-state index in [2.05, 4.69) is 44.0 Å². The number of nitrogens with zero attached hydrogens (tertiary/aromatic N) is 5. The van der Waals surface area contributed by atoms with Crippen LogP contribution in [0.15, 0.2) is 54.7 Å². The number of halogens is 3. The molecule has 0 saturated carbocycles. The Labute approximate surface area is 228 Å². The third-order valence-corrected chi connectivity index (χ3v) is 5.85. The van der Waals surface area contributed by atoms with Crippen molar-refractivity contribution in [3.63, 3.8) is 0 Å². The average molecular weight is 565 g/mol. The van der Waals surface area contributed by atoms with Crippen LogP contribution in [-0.2, 0) is 6.54 Å². The molecule has 10 nitrogen and oxygen atoms in total. The van der Waals surface area contributed by atoms with Crippen LogP contribution in [0.3, 0.4) is 0 Å². The van der Waals surface area contributed by atoms with Gasteiger partial charge in [0.15, 0.2) is 5.65 Å². The van der Waals surface area contributed by atoms with Gasteiger partial charge in [-0.25, -0.2) is 9.97 Å². The maximum Gasteiger partial charge on any atom is 0.205 e. The molecule has 1 fully saturated rings. The molecular formula is C23H36Cl3N7O3. The van der Waals surface area contributed by atoms with Crippen molar-refractivity contribution in [2.75, 3.05) is 31.5 Å². The number of imidazole rings is 1. The zero-order valence-electron chi connectivity index (χ0n) is 19.8. The normalized spacial score (nSPS) is 13.1. The Bertz CT molecular complexity index is 1170. The van der Waals surface area contributed by atoms with Gasteiger partial charge in [0.1, 0.15) is 5.52 Å². The first-order chi connectivity index (χ1) is 14.8. The number of benzene rings is 1. The van der Waals surface area contributed by atoms with E-state index in [0.29, 0.717) is 12.6 Å². The van der Waals surface area contributed by atoms with Gasteiger partial charge in [-0.2, -0.15) is 0 Å². The molecule has 0 atom stereocenters. The van der Waals surface area contributed by atoms with Crippen LogP contribution >= 0.6 is 37.2 Å². The van der Waals surface area contributed by atoms with Crippen molar-refractivity contribution < 1.29 is 16.4 Å². The molecule has 1 saturated heterocycles. The molecule has 1 aliphatic rings. The highest BCUT2D eigenvalue weighted by atomic mass is 35.5. The number of likely N-dealkylation sites (tertiary alicyclic amines) is 1. The fourth-order valence-electron chi connectivity index (χ4n) is 4.24. The lowest BCUT2D eigenvalue weighted by Gasteiger charge is -2.32. The highest BCUT2D eigenvalue weighted by Crippen LogP contribution is 2.23. The van der Waals surface area contributed by atoms with E-state index in [1.54, 1.807) is 0 Å². The quantitative estimate of drug-likeness (QED) is 0.359. The summed E-state index contributed by atoms with van der Waals surface area (Å²) in [6.07, 6.45) is 4.00. The highest BCUT2D eigenvalue weighted by molar-refractivity contribution is 5.86. The van der Waals surface area contributed by atoms with Gasteiger partial charge in [0.25, 0.3) is 0 Å². The van der Waals surface area contributed by atoms with Crippen molar-refractivity contribution in [2.45, 2.75) is 25.4 Å². The number of pyridine rings is 2. The smallest absolute Gasteiger partial charge is 0.205 e. The molecule has 9 N–H and O–H groups in total. The van der Waals surface area contributed by atoms with Gasteiger partial charge in [0, 0.05) is 43.8 Å². The van der Waals surface area contributed by atoms with Crippen LogP contribution in [0.25, 0.3) is 22.1 Å². The molecule has 4 aromatic rings. The third-order valence-electron chi connectivity index (χ3n) is 5.85. The first-order valence-corrected chi connectivity index (χ1v) is 10.6. The zero-order valence-corrected chi connectivity index (χ0v) is 22.2. The van der Waals surface area contributed by atoms with Crippen LogP contribution in [0.1, 0.15) is 18.5 Å². The summed E-state index contributed by atoms with van der Waals surface area (Å²) in [5, 5.41) is 4.84. The summed E-state index contributed by atoms with van der Waals surface area (Å²) in [6, 6.07) is 16.8. The van der Waals surface area contributed by atoms with Gasteiger partial charge in [0.2, 0.25) is 5.95 Å². The third kappa shape index (κ3) is 7.86. The van der Waals surface area contributed by atoms with Crippen LogP contribution in [0, 0.1) is 0 Å². The Morgan fingerprint density at radius 3 is 2.28 bits per heavy atom. The van der Waals surface area contributed by atoms with Crippen molar-refractivity contribution in [1.29, 1.82) is 0 Å². The Morgan fingerprint density at radius 2 is 1.56 bits per heavy atom. The highest BCUT2D eigenvalue weighted by Gasteiger charge is 2.21. The van der Waals surface area contributed by atoms with Gasteiger partial charge in [-0.15, -0.1) is 37.2 Å². The molecule has 1 aliphatic heterocycles. The van der Waals surface area contributed by atoms with Gasteiger partial charge in [-0.3, -0.25) is 9.55 Å². The van der Waals surface area contributed by atoms with Gasteiger partial charge in [-0.05, 0) is 37.1 Å². The van der Waals surface area contributed by atoms with Gasteiger partial charge in [-0.1, -0.05) is 24.3 Å². The number of rotatable bonds is 6. The molecule has 202 valence electrons. The van der Waals surface area contributed by atoms with Crippen molar-refractivity contribution in [3.8, 4) is 0 Å². The molecule has 0 amide bonds. The molecule has 4 heterocycles. The van der Waals surface area contributed by atoms with E-state index >= 15 is 0 Å². The van der Waals surface area contributed by atoms with E-state index in [-0.39, 0.29) is 53.6 Å². The largest absolute Gasteiger partial charge is 0.412 e. The lowest BCUT2D eigenvalue weighted by atomic mass is 10.1. The molecule has 36 heavy (non-hydrogen) atoms. The Morgan fingerprint density at radius 1 is 0.861 bits per heavy atom. The number of nitrogens with two attached hydrogens (primary N) is 1. The maximum absolute atomic E-state index is 5.70. The molecule has 5 rings (SSSR count). The second kappa shape index (κ2) is 16.5. The summed E-state index contributed by atoms with van der Waals surface area (Å²) >= 11 is 0. The van der Waals surface area contributed by atoms with Gasteiger partial charge < -0.3 is 32.4 Å². The number of hydrogen-bond donors (Lipinski definition) is 2. The number of anilines is 1. The van der Waals surface area contributed by atoms with E-state index < -0.39 is 0 Å². The second-order valence-electron chi connectivity index (χ2n) is 7.91. The summed E-state index contributed by atoms with van der Waals surface area (Å²) in [6.45, 7) is 4.47. The standard InChI is InChI=1S/C23H27N7.3ClH.3H2O/c24-11-15-29-13-9-18(10-14-29)27-23-28-21-6-3-12-25-22(21)30(23)16-19-8-7-17-4-1-2-5-20(17)26-19;;;;;;/h1-8,12,18H,9-11,13-16,24H2,(H,27,28);3*1H;3*1H2. The molecule has 0 radical (unpaired) electrons. The topological polar surface area (TPSA) is 179 Å². The second-order valence-corrected chi connectivity index (χ2v) is 7.91. The number of fused-ring (bicyclic) bond motifs is 2. The van der Waals surface area contributed by atoms with Crippen LogP contribution in [0.2, 0.25) is 0 Å². The minimum atomic E-state index is 0. The van der Waals surface area contributed by atoms with Crippen molar-refractivity contribution in [2.24, 2.45) is 5.73 Å². The lowest BCUT2D eigenvalue weighted by molar-refractivity contribution is 0.224. The lowest BCUT2D eigenvalue weighted by Crippen LogP contribution is -2.41. The first kappa shape index (κ1) is 35.9. The van der Waals surface area contributed by atoms with E-state index in [0.717, 1.165) is 72.7 Å². The number of para-hydroxylation sites is 1. The summed E-state index contributed by atoms with van der Waals surface area (Å²) in [5.41, 5.74) is 9.50. The fourth-order valence-corrected chi connectivity index (χ4v) is 4.24. The summed E-state index contributed by atoms with van der Waals surface area (Å²) in [4.78, 5) is 16.7. The number of hydrogen-bond acceptors (Lipinski definition) is 6. The van der Waals surface area contributed by atoms with E-state index in [9.17, 15) is 0 Å². The van der Waals surface area contributed by atoms with E-state index in [1.165, 1.54) is 0 Å².